The molecule has 2 unspecified atom stereocenters. The fourth-order valence-corrected chi connectivity index (χ4v) is 2.67. The maximum Gasteiger partial charge on any atom is 0.259 e. The number of amides is 1. The second kappa shape index (κ2) is 5.10. The van der Waals surface area contributed by atoms with E-state index in [-0.39, 0.29) is 11.9 Å². The fourth-order valence-electron chi connectivity index (χ4n) is 2.67. The van der Waals surface area contributed by atoms with E-state index in [1.54, 1.807) is 0 Å². The van der Waals surface area contributed by atoms with Crippen LogP contribution in [0.4, 0.5) is 0 Å². The Hall–Kier alpha value is -1.36. The summed E-state index contributed by atoms with van der Waals surface area (Å²) < 4.78 is 5.19. The Bertz CT molecular complexity index is 441. The highest BCUT2D eigenvalue weighted by Crippen LogP contribution is 2.26. The number of likely N-dealkylation sites (tertiary alicyclic amines) is 1. The molecule has 1 aliphatic heterocycles. The largest absolute Gasteiger partial charge is 0.360 e. The summed E-state index contributed by atoms with van der Waals surface area (Å²) in [5.74, 6) is 1.13. The summed E-state index contributed by atoms with van der Waals surface area (Å²) in [4.78, 5) is 14.5. The van der Waals surface area contributed by atoms with E-state index in [9.17, 15) is 4.79 Å². The highest BCUT2D eigenvalue weighted by Gasteiger charge is 2.34. The molecule has 0 saturated carbocycles. The summed E-state index contributed by atoms with van der Waals surface area (Å²) in [6.45, 7) is 7.23. The molecule has 1 aliphatic rings. The molecule has 0 spiro atoms. The van der Waals surface area contributed by atoms with E-state index in [2.05, 4.69) is 12.1 Å². The Morgan fingerprint density at radius 3 is 2.89 bits per heavy atom. The molecule has 2 N–H and O–H groups in total. The summed E-state index contributed by atoms with van der Waals surface area (Å²) in [5.41, 5.74) is 7.02. The first-order valence-electron chi connectivity index (χ1n) is 6.54. The summed E-state index contributed by atoms with van der Waals surface area (Å²) in [5, 5.41) is 3.90. The zero-order chi connectivity index (χ0) is 13.3. The van der Waals surface area contributed by atoms with Crippen LogP contribution in [-0.2, 0) is 6.42 Å². The number of hydrogen-bond acceptors (Lipinski definition) is 4. The second-order valence-electron chi connectivity index (χ2n) is 5.06. The third-order valence-corrected chi connectivity index (χ3v) is 3.72. The Labute approximate surface area is 107 Å². The van der Waals surface area contributed by atoms with E-state index < -0.39 is 0 Å². The molecule has 2 heterocycles. The maximum atomic E-state index is 12.6. The molecule has 5 heteroatoms. The molecule has 1 aromatic rings. The van der Waals surface area contributed by atoms with Crippen molar-refractivity contribution in [1.82, 2.24) is 10.1 Å². The van der Waals surface area contributed by atoms with Crippen LogP contribution in [0.5, 0.6) is 0 Å². The first kappa shape index (κ1) is 13.1. The SMILES string of the molecule is CCc1onc(C)c1C(=O)N1CC(CN)CC1C. The van der Waals surface area contributed by atoms with Crippen molar-refractivity contribution < 1.29 is 9.32 Å². The summed E-state index contributed by atoms with van der Waals surface area (Å²) >= 11 is 0. The van der Waals surface area contributed by atoms with Crippen molar-refractivity contribution in [3.05, 3.63) is 17.0 Å². The average Bonchev–Trinajstić information content (AvgIpc) is 2.91. The first-order chi connectivity index (χ1) is 8.58. The van der Waals surface area contributed by atoms with E-state index in [1.807, 2.05) is 18.7 Å². The van der Waals surface area contributed by atoms with Gasteiger partial charge in [0.25, 0.3) is 5.91 Å². The quantitative estimate of drug-likeness (QED) is 0.880. The molecule has 0 aliphatic carbocycles. The van der Waals surface area contributed by atoms with Gasteiger partial charge in [-0.05, 0) is 32.7 Å². The normalized spacial score (nSPS) is 23.7. The minimum absolute atomic E-state index is 0.0362. The lowest BCUT2D eigenvalue weighted by molar-refractivity contribution is 0.0740. The summed E-state index contributed by atoms with van der Waals surface area (Å²) in [7, 11) is 0. The first-order valence-corrected chi connectivity index (χ1v) is 6.54. The van der Waals surface area contributed by atoms with Gasteiger partial charge in [0, 0.05) is 19.0 Å². The number of hydrogen-bond donors (Lipinski definition) is 1. The van der Waals surface area contributed by atoms with Gasteiger partial charge in [0.05, 0.1) is 5.69 Å². The van der Waals surface area contributed by atoms with Gasteiger partial charge < -0.3 is 15.2 Å². The Balaban J connectivity index is 2.23. The summed E-state index contributed by atoms with van der Waals surface area (Å²) in [6, 6.07) is 0.241. The van der Waals surface area contributed by atoms with Gasteiger partial charge in [0.2, 0.25) is 0 Å². The molecule has 100 valence electrons. The highest BCUT2D eigenvalue weighted by atomic mass is 16.5. The average molecular weight is 251 g/mol. The molecule has 1 saturated heterocycles. The van der Waals surface area contributed by atoms with Gasteiger partial charge in [-0.15, -0.1) is 0 Å². The van der Waals surface area contributed by atoms with E-state index in [0.717, 1.165) is 13.0 Å². The maximum absolute atomic E-state index is 12.6. The predicted molar refractivity (Wildman–Crippen MR) is 68.3 cm³/mol. The number of nitrogens with two attached hydrogens (primary N) is 1. The monoisotopic (exact) mass is 251 g/mol. The summed E-state index contributed by atoms with van der Waals surface area (Å²) in [6.07, 6.45) is 1.67. The Morgan fingerprint density at radius 1 is 1.61 bits per heavy atom. The van der Waals surface area contributed by atoms with Crippen LogP contribution in [0, 0.1) is 12.8 Å². The van der Waals surface area contributed by atoms with Crippen molar-refractivity contribution in [2.24, 2.45) is 11.7 Å². The van der Waals surface area contributed by atoms with Crippen molar-refractivity contribution in [2.75, 3.05) is 13.1 Å². The molecular formula is C13H21N3O2. The van der Waals surface area contributed by atoms with Gasteiger partial charge in [0.15, 0.2) is 0 Å². The van der Waals surface area contributed by atoms with E-state index in [4.69, 9.17) is 10.3 Å². The topological polar surface area (TPSA) is 72.4 Å². The lowest BCUT2D eigenvalue weighted by atomic mass is 10.1. The minimum atomic E-state index is 0.0362. The van der Waals surface area contributed by atoms with Crippen molar-refractivity contribution in [3.8, 4) is 0 Å². The molecule has 1 aromatic heterocycles. The molecule has 1 fully saturated rings. The van der Waals surface area contributed by atoms with Crippen molar-refractivity contribution in [3.63, 3.8) is 0 Å². The molecule has 0 radical (unpaired) electrons. The smallest absolute Gasteiger partial charge is 0.259 e. The lowest BCUT2D eigenvalue weighted by Gasteiger charge is -2.21. The van der Waals surface area contributed by atoms with Crippen molar-refractivity contribution in [1.29, 1.82) is 0 Å². The molecule has 5 nitrogen and oxygen atoms in total. The van der Waals surface area contributed by atoms with Gasteiger partial charge >= 0.3 is 0 Å². The molecule has 1 amide bonds. The van der Waals surface area contributed by atoms with Gasteiger partial charge in [-0.25, -0.2) is 0 Å². The second-order valence-corrected chi connectivity index (χ2v) is 5.06. The Morgan fingerprint density at radius 2 is 2.33 bits per heavy atom. The van der Waals surface area contributed by atoms with Crippen LogP contribution in [0.2, 0.25) is 0 Å². The standard InChI is InChI=1S/C13H21N3O2/c1-4-11-12(9(3)15-18-11)13(17)16-7-10(6-14)5-8(16)2/h8,10H,4-7,14H2,1-3H3. The molecule has 2 atom stereocenters. The number of carbonyl (C=O) groups is 1. The number of nitrogens with zero attached hydrogens (tertiary/aromatic N) is 2. The van der Waals surface area contributed by atoms with Crippen LogP contribution in [0.1, 0.15) is 42.1 Å². The predicted octanol–water partition coefficient (Wildman–Crippen LogP) is 1.35. The lowest BCUT2D eigenvalue weighted by Crippen LogP contribution is -2.35. The molecule has 0 bridgehead atoms. The number of aromatic nitrogens is 1. The van der Waals surface area contributed by atoms with Crippen LogP contribution in [-0.4, -0.2) is 35.1 Å². The van der Waals surface area contributed by atoms with E-state index in [0.29, 0.717) is 35.9 Å². The zero-order valence-corrected chi connectivity index (χ0v) is 11.3. The van der Waals surface area contributed by atoms with Crippen molar-refractivity contribution in [2.45, 2.75) is 39.7 Å². The van der Waals surface area contributed by atoms with E-state index >= 15 is 0 Å². The van der Waals surface area contributed by atoms with Gasteiger partial charge in [-0.2, -0.15) is 0 Å². The van der Waals surface area contributed by atoms with Crippen LogP contribution >= 0.6 is 0 Å². The molecular weight excluding hydrogens is 230 g/mol. The highest BCUT2D eigenvalue weighted by molar-refractivity contribution is 5.96. The third-order valence-electron chi connectivity index (χ3n) is 3.72. The van der Waals surface area contributed by atoms with Gasteiger partial charge in [-0.1, -0.05) is 12.1 Å². The number of carbonyl (C=O) groups excluding carboxylic acids is 1. The van der Waals surface area contributed by atoms with Gasteiger partial charge in [0.1, 0.15) is 11.3 Å². The third kappa shape index (κ3) is 2.14. The Kier molecular flexibility index (Phi) is 3.71. The fraction of sp³-hybridized carbons (Fsp3) is 0.692. The minimum Gasteiger partial charge on any atom is -0.360 e. The van der Waals surface area contributed by atoms with Crippen LogP contribution in [0.3, 0.4) is 0 Å². The van der Waals surface area contributed by atoms with E-state index in [1.165, 1.54) is 0 Å². The number of aryl methyl sites for hydroxylation is 2. The zero-order valence-electron chi connectivity index (χ0n) is 11.3. The van der Waals surface area contributed by atoms with Gasteiger partial charge in [-0.3, -0.25) is 4.79 Å². The molecule has 0 aromatic carbocycles. The molecule has 2 rings (SSSR count). The molecule has 18 heavy (non-hydrogen) atoms. The number of rotatable bonds is 3. The van der Waals surface area contributed by atoms with Crippen LogP contribution in [0.15, 0.2) is 4.52 Å². The van der Waals surface area contributed by atoms with Crippen LogP contribution in [0.25, 0.3) is 0 Å². The van der Waals surface area contributed by atoms with Crippen molar-refractivity contribution >= 4 is 5.91 Å². The van der Waals surface area contributed by atoms with Crippen LogP contribution < -0.4 is 5.73 Å².